The third kappa shape index (κ3) is 8.07. The van der Waals surface area contributed by atoms with Gasteiger partial charge in [0.2, 0.25) is 0 Å². The molecule has 0 aliphatic heterocycles. The van der Waals surface area contributed by atoms with Gasteiger partial charge < -0.3 is 9.29 Å². The lowest BCUT2D eigenvalue weighted by Gasteiger charge is -1.96. The highest BCUT2D eigenvalue weighted by Gasteiger charge is 1.90. The second-order valence-corrected chi connectivity index (χ2v) is 2.58. The first-order valence-corrected chi connectivity index (χ1v) is 4.20. The van der Waals surface area contributed by atoms with E-state index in [1.54, 1.807) is 0 Å². The molecule has 9 heavy (non-hydrogen) atoms. The van der Waals surface area contributed by atoms with Crippen LogP contribution in [0.3, 0.4) is 0 Å². The van der Waals surface area contributed by atoms with Gasteiger partial charge in [0.1, 0.15) is 5.94 Å². The zero-order chi connectivity index (χ0) is 7.11. The van der Waals surface area contributed by atoms with Crippen LogP contribution in [0.2, 0.25) is 0 Å². The van der Waals surface area contributed by atoms with Crippen molar-refractivity contribution in [2.45, 2.75) is 19.8 Å². The van der Waals surface area contributed by atoms with Crippen LogP contribution in [0.1, 0.15) is 19.8 Å². The van der Waals surface area contributed by atoms with Crippen LogP contribution in [0.25, 0.3) is 0 Å². The summed E-state index contributed by atoms with van der Waals surface area (Å²) in [4.78, 5) is 0. The Morgan fingerprint density at radius 2 is 2.33 bits per heavy atom. The zero-order valence-electron chi connectivity index (χ0n) is 5.50. The van der Waals surface area contributed by atoms with Gasteiger partial charge in [-0.3, -0.25) is 0 Å². The molecule has 0 aromatic heterocycles. The van der Waals surface area contributed by atoms with Gasteiger partial charge >= 0.3 is 0 Å². The molecular weight excluding hydrogens is 140 g/mol. The molecule has 0 spiro atoms. The van der Waals surface area contributed by atoms with Gasteiger partial charge in [0.25, 0.3) is 0 Å². The number of unbranched alkanes of at least 4 members (excludes halogenated alkanes) is 1. The van der Waals surface area contributed by atoms with E-state index in [0.29, 0.717) is 6.61 Å². The summed E-state index contributed by atoms with van der Waals surface area (Å²) in [6, 6.07) is 0. The molecule has 0 rings (SSSR count). The summed E-state index contributed by atoms with van der Waals surface area (Å²) < 4.78 is 22.9. The van der Waals surface area contributed by atoms with Gasteiger partial charge in [-0.05, 0) is 6.42 Å². The van der Waals surface area contributed by atoms with Crippen LogP contribution in [-0.2, 0) is 15.8 Å². The molecule has 0 amide bonds. The Labute approximate surface area is 57.7 Å². The molecule has 0 heterocycles. The van der Waals surface area contributed by atoms with Crippen molar-refractivity contribution in [3.8, 4) is 0 Å². The Kier molecular flexibility index (Phi) is 6.24. The molecule has 0 fully saturated rings. The third-order valence-corrected chi connectivity index (χ3v) is 1.19. The molecule has 0 radical (unpaired) electrons. The molecular formula is C5H12O3S. The van der Waals surface area contributed by atoms with Gasteiger partial charge in [0.15, 0.2) is 11.1 Å². The van der Waals surface area contributed by atoms with Crippen molar-refractivity contribution in [2.75, 3.05) is 12.5 Å². The van der Waals surface area contributed by atoms with E-state index >= 15 is 0 Å². The fourth-order valence-corrected chi connectivity index (χ4v) is 0.637. The van der Waals surface area contributed by atoms with Gasteiger partial charge in [-0.2, -0.15) is 0 Å². The molecule has 1 N–H and O–H groups in total. The van der Waals surface area contributed by atoms with Crippen LogP contribution in [0.5, 0.6) is 0 Å². The fourth-order valence-electron chi connectivity index (χ4n) is 0.377. The lowest BCUT2D eigenvalue weighted by Crippen LogP contribution is -2.01. The van der Waals surface area contributed by atoms with Crippen molar-refractivity contribution >= 4 is 11.1 Å². The summed E-state index contributed by atoms with van der Waals surface area (Å²) in [5.41, 5.74) is 0. The second kappa shape index (κ2) is 6.19. The van der Waals surface area contributed by atoms with Crippen LogP contribution >= 0.6 is 0 Å². The molecule has 0 aliphatic carbocycles. The number of hydrogen-bond acceptors (Lipinski definition) is 2. The highest BCUT2D eigenvalue weighted by molar-refractivity contribution is 7.79. The predicted molar refractivity (Wildman–Crippen MR) is 36.5 cm³/mol. The van der Waals surface area contributed by atoms with Crippen LogP contribution in [0, 0.1) is 0 Å². The quantitative estimate of drug-likeness (QED) is 0.472. The van der Waals surface area contributed by atoms with E-state index in [1.807, 2.05) is 6.92 Å². The first-order chi connectivity index (χ1) is 4.27. The maximum Gasteiger partial charge on any atom is 0.179 e. The van der Waals surface area contributed by atoms with Gasteiger partial charge in [-0.1, -0.05) is 13.3 Å². The molecule has 0 aliphatic rings. The summed E-state index contributed by atoms with van der Waals surface area (Å²) in [6.45, 7) is 2.63. The highest BCUT2D eigenvalue weighted by Crippen LogP contribution is 1.87. The summed E-state index contributed by atoms with van der Waals surface area (Å²) in [7, 11) is 0. The van der Waals surface area contributed by atoms with Crippen LogP contribution < -0.4 is 0 Å². The van der Waals surface area contributed by atoms with E-state index < -0.39 is 11.1 Å². The first-order valence-electron chi connectivity index (χ1n) is 2.92. The Hall–Kier alpha value is 0.0700. The van der Waals surface area contributed by atoms with E-state index in [9.17, 15) is 4.21 Å². The van der Waals surface area contributed by atoms with Gasteiger partial charge in [-0.25, -0.2) is 4.21 Å². The van der Waals surface area contributed by atoms with Crippen molar-refractivity contribution in [1.82, 2.24) is 0 Å². The summed E-state index contributed by atoms with van der Waals surface area (Å²) in [5.74, 6) is -0.0556. The molecule has 0 aromatic carbocycles. The van der Waals surface area contributed by atoms with Crippen molar-refractivity contribution < 1.29 is 13.5 Å². The Bertz CT molecular complexity index is 84.3. The van der Waals surface area contributed by atoms with Crippen molar-refractivity contribution in [3.05, 3.63) is 0 Å². The molecule has 4 heteroatoms. The Morgan fingerprint density at radius 1 is 1.67 bits per heavy atom. The van der Waals surface area contributed by atoms with E-state index in [0.717, 1.165) is 12.8 Å². The number of ether oxygens (including phenoxy) is 1. The molecule has 0 saturated carbocycles. The molecule has 1 unspecified atom stereocenters. The smallest absolute Gasteiger partial charge is 0.179 e. The van der Waals surface area contributed by atoms with Gasteiger partial charge in [0.05, 0.1) is 0 Å². The monoisotopic (exact) mass is 152 g/mol. The van der Waals surface area contributed by atoms with E-state index in [-0.39, 0.29) is 5.94 Å². The maximum absolute atomic E-state index is 9.95. The zero-order valence-corrected chi connectivity index (χ0v) is 6.32. The highest BCUT2D eigenvalue weighted by atomic mass is 32.2. The molecule has 1 atom stereocenters. The maximum atomic E-state index is 9.95. The molecule has 0 saturated heterocycles. The minimum absolute atomic E-state index is 0.0556. The molecule has 0 aromatic rings. The average Bonchev–Trinajstić information content (AvgIpc) is 1.80. The number of rotatable bonds is 5. The van der Waals surface area contributed by atoms with Crippen molar-refractivity contribution in [3.63, 3.8) is 0 Å². The van der Waals surface area contributed by atoms with Gasteiger partial charge in [-0.15, -0.1) is 0 Å². The Balaban J connectivity index is 2.83. The van der Waals surface area contributed by atoms with Crippen molar-refractivity contribution in [2.24, 2.45) is 0 Å². The summed E-state index contributed by atoms with van der Waals surface area (Å²) in [6.07, 6.45) is 2.01. The van der Waals surface area contributed by atoms with Crippen LogP contribution in [0.15, 0.2) is 0 Å². The topological polar surface area (TPSA) is 46.5 Å². The van der Waals surface area contributed by atoms with E-state index in [4.69, 9.17) is 9.29 Å². The lowest BCUT2D eigenvalue weighted by atomic mass is 10.4. The van der Waals surface area contributed by atoms with Crippen LogP contribution in [-0.4, -0.2) is 21.3 Å². The Morgan fingerprint density at radius 3 is 2.78 bits per heavy atom. The van der Waals surface area contributed by atoms with Crippen LogP contribution in [0.4, 0.5) is 0 Å². The SMILES string of the molecule is CCCCOCS(=O)O. The second-order valence-electron chi connectivity index (χ2n) is 1.70. The number of hydrogen-bond donors (Lipinski definition) is 1. The predicted octanol–water partition coefficient (Wildman–Crippen LogP) is 0.982. The standard InChI is InChI=1S/C5H12O3S/c1-2-3-4-8-5-9(6)7/h2-5H2,1H3,(H,6,7). The largest absolute Gasteiger partial charge is 0.366 e. The molecule has 0 bridgehead atoms. The third-order valence-electron chi connectivity index (χ3n) is 0.826. The van der Waals surface area contributed by atoms with E-state index in [2.05, 4.69) is 0 Å². The minimum Gasteiger partial charge on any atom is -0.366 e. The minimum atomic E-state index is -1.79. The van der Waals surface area contributed by atoms with Crippen molar-refractivity contribution in [1.29, 1.82) is 0 Å². The normalized spacial score (nSPS) is 13.6. The summed E-state index contributed by atoms with van der Waals surface area (Å²) in [5, 5.41) is 0. The first kappa shape index (κ1) is 9.07. The fraction of sp³-hybridized carbons (Fsp3) is 1.00. The summed E-state index contributed by atoms with van der Waals surface area (Å²) >= 11 is -1.79. The van der Waals surface area contributed by atoms with Gasteiger partial charge in [0, 0.05) is 6.61 Å². The average molecular weight is 152 g/mol. The molecule has 56 valence electrons. The molecule has 3 nitrogen and oxygen atoms in total. The van der Waals surface area contributed by atoms with E-state index in [1.165, 1.54) is 0 Å². The lowest BCUT2D eigenvalue weighted by molar-refractivity contribution is 0.172.